The van der Waals surface area contributed by atoms with Gasteiger partial charge in [-0.05, 0) is 61.1 Å². The van der Waals surface area contributed by atoms with Crippen LogP contribution in [0.5, 0.6) is 0 Å². The van der Waals surface area contributed by atoms with E-state index in [1.165, 1.54) is 18.2 Å². The van der Waals surface area contributed by atoms with Crippen LogP contribution in [0.4, 0.5) is 20.2 Å². The monoisotopic (exact) mass is 302 g/mol. The molecule has 0 spiro atoms. The lowest BCUT2D eigenvalue weighted by Gasteiger charge is -2.15. The van der Waals surface area contributed by atoms with Crippen molar-refractivity contribution in [1.82, 2.24) is 0 Å². The number of hydrogen-bond acceptors (Lipinski definition) is 2. The maximum absolute atomic E-state index is 14.0. The van der Waals surface area contributed by atoms with Crippen molar-refractivity contribution in [2.75, 3.05) is 5.32 Å². The number of amides is 1. The molecule has 3 nitrogen and oxygen atoms in total. The highest BCUT2D eigenvalue weighted by atomic mass is 19.1. The summed E-state index contributed by atoms with van der Waals surface area (Å²) in [6.45, 7) is 1.77. The van der Waals surface area contributed by atoms with E-state index < -0.39 is 17.5 Å². The van der Waals surface area contributed by atoms with Gasteiger partial charge in [0, 0.05) is 0 Å². The van der Waals surface area contributed by atoms with Crippen molar-refractivity contribution >= 4 is 17.3 Å². The second-order valence-electron chi connectivity index (χ2n) is 5.66. The Morgan fingerprint density at radius 2 is 1.91 bits per heavy atom. The van der Waals surface area contributed by atoms with Gasteiger partial charge in [-0.15, -0.1) is 0 Å². The first-order valence-electron chi connectivity index (χ1n) is 7.12. The van der Waals surface area contributed by atoms with E-state index in [0.29, 0.717) is 5.56 Å². The summed E-state index contributed by atoms with van der Waals surface area (Å²) >= 11 is 0. The van der Waals surface area contributed by atoms with Gasteiger partial charge in [0.15, 0.2) is 0 Å². The van der Waals surface area contributed by atoms with E-state index in [1.54, 1.807) is 19.1 Å². The maximum Gasteiger partial charge on any atom is 0.251 e. The second kappa shape index (κ2) is 5.40. The van der Waals surface area contributed by atoms with Gasteiger partial charge in [-0.3, -0.25) is 4.79 Å². The minimum Gasteiger partial charge on any atom is -0.366 e. The van der Waals surface area contributed by atoms with Crippen LogP contribution in [0.2, 0.25) is 0 Å². The summed E-state index contributed by atoms with van der Waals surface area (Å²) in [5.41, 5.74) is 7.45. The number of hydrogen-bond donors (Lipinski definition) is 2. The maximum atomic E-state index is 14.0. The van der Waals surface area contributed by atoms with Crippen molar-refractivity contribution in [3.8, 4) is 0 Å². The Morgan fingerprint density at radius 3 is 2.50 bits per heavy atom. The molecule has 2 aromatic carbocycles. The van der Waals surface area contributed by atoms with Crippen molar-refractivity contribution in [2.45, 2.75) is 25.7 Å². The number of carbonyl (C=O) groups excluding carboxylic acids is 1. The fourth-order valence-corrected chi connectivity index (χ4v) is 2.58. The Kier molecular flexibility index (Phi) is 3.56. The lowest BCUT2D eigenvalue weighted by atomic mass is 10.00. The number of nitrogens with two attached hydrogens (primary N) is 1. The number of aryl methyl sites for hydroxylation is 1. The fourth-order valence-electron chi connectivity index (χ4n) is 2.58. The SMILES string of the molecule is Cc1ccc(Nc2cc(F)cc(C3CC3)c2C(N)=O)c(F)c1. The van der Waals surface area contributed by atoms with Gasteiger partial charge < -0.3 is 11.1 Å². The molecular weight excluding hydrogens is 286 g/mol. The van der Waals surface area contributed by atoms with Crippen LogP contribution in [-0.4, -0.2) is 5.91 Å². The molecule has 22 heavy (non-hydrogen) atoms. The van der Waals surface area contributed by atoms with E-state index in [1.807, 2.05) is 0 Å². The number of rotatable bonds is 4. The Labute approximate surface area is 127 Å². The van der Waals surface area contributed by atoms with Gasteiger partial charge in [-0.2, -0.15) is 0 Å². The zero-order chi connectivity index (χ0) is 15.9. The molecule has 0 aliphatic heterocycles. The van der Waals surface area contributed by atoms with E-state index in [2.05, 4.69) is 5.32 Å². The van der Waals surface area contributed by atoms with E-state index in [9.17, 15) is 13.6 Å². The Morgan fingerprint density at radius 1 is 1.18 bits per heavy atom. The molecule has 1 amide bonds. The van der Waals surface area contributed by atoms with Crippen LogP contribution in [0.25, 0.3) is 0 Å². The van der Waals surface area contributed by atoms with Crippen molar-refractivity contribution in [2.24, 2.45) is 5.73 Å². The van der Waals surface area contributed by atoms with Gasteiger partial charge in [0.1, 0.15) is 11.6 Å². The largest absolute Gasteiger partial charge is 0.366 e. The molecule has 2 aromatic rings. The third-order valence-electron chi connectivity index (χ3n) is 3.79. The van der Waals surface area contributed by atoms with Crippen LogP contribution < -0.4 is 11.1 Å². The molecule has 3 rings (SSSR count). The van der Waals surface area contributed by atoms with Crippen LogP contribution >= 0.6 is 0 Å². The summed E-state index contributed by atoms with van der Waals surface area (Å²) in [7, 11) is 0. The van der Waals surface area contributed by atoms with Crippen molar-refractivity contribution in [3.05, 3.63) is 58.7 Å². The highest BCUT2D eigenvalue weighted by molar-refractivity contribution is 6.01. The smallest absolute Gasteiger partial charge is 0.251 e. The van der Waals surface area contributed by atoms with Gasteiger partial charge in [0.05, 0.1) is 16.9 Å². The van der Waals surface area contributed by atoms with Gasteiger partial charge >= 0.3 is 0 Å². The van der Waals surface area contributed by atoms with E-state index >= 15 is 0 Å². The molecule has 0 atom stereocenters. The van der Waals surface area contributed by atoms with Gasteiger partial charge in [-0.25, -0.2) is 8.78 Å². The third-order valence-corrected chi connectivity index (χ3v) is 3.79. The van der Waals surface area contributed by atoms with Crippen LogP contribution in [0.3, 0.4) is 0 Å². The van der Waals surface area contributed by atoms with Crippen molar-refractivity contribution in [1.29, 1.82) is 0 Å². The average Bonchev–Trinajstić information content (AvgIpc) is 3.25. The molecule has 3 N–H and O–H groups in total. The van der Waals surface area contributed by atoms with Gasteiger partial charge in [0.2, 0.25) is 0 Å². The Bertz CT molecular complexity index is 755. The summed E-state index contributed by atoms with van der Waals surface area (Å²) in [5, 5.41) is 2.80. The van der Waals surface area contributed by atoms with E-state index in [-0.39, 0.29) is 22.9 Å². The highest BCUT2D eigenvalue weighted by Gasteiger charge is 2.30. The molecule has 0 unspecified atom stereocenters. The minimum atomic E-state index is -0.642. The molecule has 0 bridgehead atoms. The van der Waals surface area contributed by atoms with Crippen LogP contribution in [0.15, 0.2) is 30.3 Å². The second-order valence-corrected chi connectivity index (χ2v) is 5.66. The fraction of sp³-hybridized carbons (Fsp3) is 0.235. The molecule has 5 heteroatoms. The molecule has 0 aromatic heterocycles. The quantitative estimate of drug-likeness (QED) is 0.897. The zero-order valence-electron chi connectivity index (χ0n) is 12.1. The lowest BCUT2D eigenvalue weighted by molar-refractivity contribution is 0.1000. The van der Waals surface area contributed by atoms with Gasteiger partial charge in [0.25, 0.3) is 5.91 Å². The Balaban J connectivity index is 2.07. The number of anilines is 2. The highest BCUT2D eigenvalue weighted by Crippen LogP contribution is 2.44. The molecule has 1 aliphatic carbocycles. The normalized spacial score (nSPS) is 14.0. The lowest BCUT2D eigenvalue weighted by Crippen LogP contribution is -2.16. The molecule has 0 saturated heterocycles. The number of carbonyl (C=O) groups is 1. The minimum absolute atomic E-state index is 0.154. The molecule has 1 saturated carbocycles. The predicted octanol–water partition coefficient (Wildman–Crippen LogP) is 3.99. The van der Waals surface area contributed by atoms with Gasteiger partial charge in [-0.1, -0.05) is 6.07 Å². The molecule has 0 heterocycles. The summed E-state index contributed by atoms with van der Waals surface area (Å²) in [4.78, 5) is 11.8. The number of benzene rings is 2. The van der Waals surface area contributed by atoms with E-state index in [4.69, 9.17) is 5.73 Å². The molecular formula is C17H16F2N2O. The molecule has 1 aliphatic rings. The summed E-state index contributed by atoms with van der Waals surface area (Å²) in [6.07, 6.45) is 1.81. The predicted molar refractivity (Wildman–Crippen MR) is 81.3 cm³/mol. The van der Waals surface area contributed by atoms with Crippen LogP contribution in [0, 0.1) is 18.6 Å². The topological polar surface area (TPSA) is 55.1 Å². The molecule has 0 radical (unpaired) electrons. The van der Waals surface area contributed by atoms with Crippen molar-refractivity contribution in [3.63, 3.8) is 0 Å². The Hall–Kier alpha value is -2.43. The molecule has 1 fully saturated rings. The average molecular weight is 302 g/mol. The first-order valence-corrected chi connectivity index (χ1v) is 7.12. The van der Waals surface area contributed by atoms with Crippen molar-refractivity contribution < 1.29 is 13.6 Å². The van der Waals surface area contributed by atoms with E-state index in [0.717, 1.165) is 18.4 Å². The number of nitrogens with one attached hydrogen (secondary N) is 1. The third kappa shape index (κ3) is 2.79. The number of halogens is 2. The summed E-state index contributed by atoms with van der Waals surface area (Å²) < 4.78 is 27.8. The van der Waals surface area contributed by atoms with Crippen LogP contribution in [0.1, 0.15) is 40.2 Å². The summed E-state index contributed by atoms with van der Waals surface area (Å²) in [5.74, 6) is -1.42. The first-order chi connectivity index (χ1) is 10.5. The first kappa shape index (κ1) is 14.5. The zero-order valence-corrected chi connectivity index (χ0v) is 12.1. The number of primary amides is 1. The van der Waals surface area contributed by atoms with Crippen LogP contribution in [-0.2, 0) is 0 Å². The summed E-state index contributed by atoms with van der Waals surface area (Å²) in [6, 6.07) is 7.17. The molecule has 114 valence electrons. The standard InChI is InChI=1S/C17H16F2N2O/c1-9-2-5-14(13(19)6-9)21-15-8-11(18)7-12(10-3-4-10)16(15)17(20)22/h2,5-8,10,21H,3-4H2,1H3,(H2,20,22).